The van der Waals surface area contributed by atoms with Crippen molar-refractivity contribution in [2.24, 2.45) is 0 Å². The van der Waals surface area contributed by atoms with Crippen LogP contribution in [0.3, 0.4) is 0 Å². The Labute approximate surface area is 165 Å². The monoisotopic (exact) mass is 376 g/mol. The summed E-state index contributed by atoms with van der Waals surface area (Å²) in [7, 11) is 0. The van der Waals surface area contributed by atoms with Gasteiger partial charge in [0.2, 0.25) is 5.91 Å². The topological polar surface area (TPSA) is 41.1 Å². The first kappa shape index (κ1) is 19.1. The molecule has 0 aromatic heterocycles. The van der Waals surface area contributed by atoms with Gasteiger partial charge in [0.25, 0.3) is 0 Å². The second kappa shape index (κ2) is 10.4. The maximum Gasteiger partial charge on any atom is 0.237 e. The lowest BCUT2D eigenvalue weighted by Crippen LogP contribution is -2.29. The van der Waals surface area contributed by atoms with E-state index in [0.717, 1.165) is 29.1 Å². The first-order valence-electron chi connectivity index (χ1n) is 9.16. The molecule has 3 aromatic rings. The molecule has 0 aliphatic rings. The Balaban J connectivity index is 1.53. The molecule has 0 saturated carbocycles. The standard InChI is InChI=1S/C23H24N2OS/c26-23(25-18-10-17-24-20-13-6-2-7-14-20)22(19-11-4-1-5-12-19)27-21-15-8-3-9-16-21/h1-9,11-16,22,24H,10,17-18H2,(H,25,26). The highest BCUT2D eigenvalue weighted by molar-refractivity contribution is 8.00. The minimum Gasteiger partial charge on any atom is -0.385 e. The third kappa shape index (κ3) is 6.19. The molecular formula is C23H24N2OS. The molecule has 3 rings (SSSR count). The van der Waals surface area contributed by atoms with Crippen molar-refractivity contribution in [2.75, 3.05) is 18.4 Å². The zero-order chi connectivity index (χ0) is 18.7. The summed E-state index contributed by atoms with van der Waals surface area (Å²) >= 11 is 1.58. The first-order valence-corrected chi connectivity index (χ1v) is 10.0. The molecule has 0 aliphatic carbocycles. The van der Waals surface area contributed by atoms with Crippen LogP contribution in [0.25, 0.3) is 0 Å². The molecule has 27 heavy (non-hydrogen) atoms. The average molecular weight is 377 g/mol. The summed E-state index contributed by atoms with van der Waals surface area (Å²) in [5.74, 6) is 0.0507. The maximum atomic E-state index is 12.8. The summed E-state index contributed by atoms with van der Waals surface area (Å²) in [4.78, 5) is 13.9. The molecular weight excluding hydrogens is 352 g/mol. The van der Waals surface area contributed by atoms with Crippen LogP contribution in [0.1, 0.15) is 17.2 Å². The van der Waals surface area contributed by atoms with Crippen molar-refractivity contribution in [2.45, 2.75) is 16.6 Å². The zero-order valence-corrected chi connectivity index (χ0v) is 16.0. The molecule has 0 heterocycles. The van der Waals surface area contributed by atoms with Gasteiger partial charge in [-0.05, 0) is 36.2 Å². The fourth-order valence-electron chi connectivity index (χ4n) is 2.72. The van der Waals surface area contributed by atoms with Crippen LogP contribution < -0.4 is 10.6 Å². The summed E-state index contributed by atoms with van der Waals surface area (Å²) in [6.07, 6.45) is 0.873. The quantitative estimate of drug-likeness (QED) is 0.401. The van der Waals surface area contributed by atoms with Gasteiger partial charge >= 0.3 is 0 Å². The third-order valence-corrected chi connectivity index (χ3v) is 5.36. The molecule has 3 aromatic carbocycles. The molecule has 0 aliphatic heterocycles. The van der Waals surface area contributed by atoms with E-state index in [1.165, 1.54) is 0 Å². The lowest BCUT2D eigenvalue weighted by molar-refractivity contribution is -0.120. The lowest BCUT2D eigenvalue weighted by Gasteiger charge is -2.17. The fraction of sp³-hybridized carbons (Fsp3) is 0.174. The number of amides is 1. The van der Waals surface area contributed by atoms with Crippen LogP contribution in [0.5, 0.6) is 0 Å². The lowest BCUT2D eigenvalue weighted by atomic mass is 10.1. The van der Waals surface area contributed by atoms with Crippen molar-refractivity contribution in [1.29, 1.82) is 0 Å². The van der Waals surface area contributed by atoms with E-state index in [4.69, 9.17) is 0 Å². The van der Waals surface area contributed by atoms with E-state index in [1.807, 2.05) is 91.0 Å². The molecule has 0 radical (unpaired) electrons. The largest absolute Gasteiger partial charge is 0.385 e. The minimum atomic E-state index is -0.254. The second-order valence-electron chi connectivity index (χ2n) is 6.16. The molecule has 4 heteroatoms. The van der Waals surface area contributed by atoms with Crippen LogP contribution >= 0.6 is 11.8 Å². The number of hydrogen-bond donors (Lipinski definition) is 2. The molecule has 0 saturated heterocycles. The number of carbonyl (C=O) groups is 1. The van der Waals surface area contributed by atoms with Gasteiger partial charge in [0, 0.05) is 23.7 Å². The molecule has 2 N–H and O–H groups in total. The highest BCUT2D eigenvalue weighted by atomic mass is 32.2. The van der Waals surface area contributed by atoms with E-state index in [0.29, 0.717) is 6.54 Å². The molecule has 1 amide bonds. The number of nitrogens with one attached hydrogen (secondary N) is 2. The average Bonchev–Trinajstić information content (AvgIpc) is 2.74. The summed E-state index contributed by atoms with van der Waals surface area (Å²) in [5.41, 5.74) is 2.12. The number of thioether (sulfide) groups is 1. The third-order valence-electron chi connectivity index (χ3n) is 4.09. The van der Waals surface area contributed by atoms with Gasteiger partial charge in [-0.25, -0.2) is 0 Å². The number of hydrogen-bond acceptors (Lipinski definition) is 3. The summed E-state index contributed by atoms with van der Waals surface area (Å²) in [6, 6.07) is 30.1. The van der Waals surface area contributed by atoms with E-state index in [9.17, 15) is 4.79 Å². The Bertz CT molecular complexity index is 810. The highest BCUT2D eigenvalue weighted by Crippen LogP contribution is 2.35. The molecule has 0 bridgehead atoms. The summed E-state index contributed by atoms with van der Waals surface area (Å²) in [6.45, 7) is 1.48. The fourth-order valence-corrected chi connectivity index (χ4v) is 3.79. The van der Waals surface area contributed by atoms with Crippen LogP contribution in [0, 0.1) is 0 Å². The molecule has 1 unspecified atom stereocenters. The maximum absolute atomic E-state index is 12.8. The van der Waals surface area contributed by atoms with Gasteiger partial charge in [-0.1, -0.05) is 66.7 Å². The molecule has 0 spiro atoms. The van der Waals surface area contributed by atoms with Gasteiger partial charge in [-0.3, -0.25) is 4.79 Å². The Morgan fingerprint density at radius 3 is 2.04 bits per heavy atom. The van der Waals surface area contributed by atoms with E-state index in [2.05, 4.69) is 10.6 Å². The SMILES string of the molecule is O=C(NCCCNc1ccccc1)C(Sc1ccccc1)c1ccccc1. The number of benzene rings is 3. The van der Waals surface area contributed by atoms with Crippen molar-refractivity contribution in [3.63, 3.8) is 0 Å². The Morgan fingerprint density at radius 1 is 0.778 bits per heavy atom. The number of rotatable bonds is 9. The number of anilines is 1. The van der Waals surface area contributed by atoms with Crippen molar-refractivity contribution in [3.8, 4) is 0 Å². The van der Waals surface area contributed by atoms with Gasteiger partial charge in [-0.15, -0.1) is 11.8 Å². The van der Waals surface area contributed by atoms with Crippen LogP contribution in [-0.2, 0) is 4.79 Å². The van der Waals surface area contributed by atoms with Crippen molar-refractivity contribution in [1.82, 2.24) is 5.32 Å². The van der Waals surface area contributed by atoms with Crippen molar-refractivity contribution < 1.29 is 4.79 Å². The van der Waals surface area contributed by atoms with Crippen molar-refractivity contribution in [3.05, 3.63) is 96.6 Å². The predicted molar refractivity (Wildman–Crippen MR) is 114 cm³/mol. The first-order chi connectivity index (χ1) is 13.3. The van der Waals surface area contributed by atoms with E-state index >= 15 is 0 Å². The normalized spacial score (nSPS) is 11.6. The summed E-state index contributed by atoms with van der Waals surface area (Å²) in [5, 5.41) is 6.20. The number of carbonyl (C=O) groups excluding carboxylic acids is 1. The van der Waals surface area contributed by atoms with E-state index in [1.54, 1.807) is 11.8 Å². The van der Waals surface area contributed by atoms with Gasteiger partial charge in [0.15, 0.2) is 0 Å². The Morgan fingerprint density at radius 2 is 1.37 bits per heavy atom. The smallest absolute Gasteiger partial charge is 0.237 e. The van der Waals surface area contributed by atoms with Gasteiger partial charge < -0.3 is 10.6 Å². The highest BCUT2D eigenvalue weighted by Gasteiger charge is 2.21. The molecule has 138 valence electrons. The van der Waals surface area contributed by atoms with Gasteiger partial charge in [0.1, 0.15) is 5.25 Å². The zero-order valence-electron chi connectivity index (χ0n) is 15.2. The second-order valence-corrected chi connectivity index (χ2v) is 7.34. The van der Waals surface area contributed by atoms with Crippen LogP contribution in [0.15, 0.2) is 95.9 Å². The summed E-state index contributed by atoms with van der Waals surface area (Å²) < 4.78 is 0. The number of para-hydroxylation sites is 1. The van der Waals surface area contributed by atoms with Crippen LogP contribution in [-0.4, -0.2) is 19.0 Å². The van der Waals surface area contributed by atoms with Gasteiger partial charge in [0.05, 0.1) is 0 Å². The van der Waals surface area contributed by atoms with Crippen molar-refractivity contribution >= 4 is 23.4 Å². The predicted octanol–water partition coefficient (Wildman–Crippen LogP) is 5.14. The van der Waals surface area contributed by atoms with Crippen LogP contribution in [0.2, 0.25) is 0 Å². The Kier molecular flexibility index (Phi) is 7.36. The van der Waals surface area contributed by atoms with E-state index < -0.39 is 0 Å². The Hall–Kier alpha value is -2.72. The van der Waals surface area contributed by atoms with Gasteiger partial charge in [-0.2, -0.15) is 0 Å². The molecule has 3 nitrogen and oxygen atoms in total. The van der Waals surface area contributed by atoms with E-state index in [-0.39, 0.29) is 11.2 Å². The molecule has 1 atom stereocenters. The molecule has 0 fully saturated rings. The minimum absolute atomic E-state index is 0.0507. The van der Waals surface area contributed by atoms with Crippen LogP contribution in [0.4, 0.5) is 5.69 Å².